The molecule has 132 valence electrons. The third-order valence-corrected chi connectivity index (χ3v) is 5.67. The zero-order valence-electron chi connectivity index (χ0n) is 13.3. The van der Waals surface area contributed by atoms with Gasteiger partial charge in [-0.3, -0.25) is 4.68 Å². The molecule has 0 saturated carbocycles. The third kappa shape index (κ3) is 4.06. The van der Waals surface area contributed by atoms with Crippen molar-refractivity contribution in [3.63, 3.8) is 0 Å². The van der Waals surface area contributed by atoms with E-state index in [1.54, 1.807) is 22.2 Å². The van der Waals surface area contributed by atoms with Gasteiger partial charge in [0.05, 0.1) is 24.2 Å². The Balaban J connectivity index is 1.62. The predicted molar refractivity (Wildman–Crippen MR) is 93.7 cm³/mol. The number of rotatable bonds is 7. The molecule has 0 aliphatic heterocycles. The Labute approximate surface area is 148 Å². The maximum atomic E-state index is 13.7. The minimum absolute atomic E-state index is 0.00329. The molecular weight excluding hydrogens is 365 g/mol. The largest absolute Gasteiger partial charge is 0.494 e. The highest BCUT2D eigenvalue weighted by Gasteiger charge is 2.16. The van der Waals surface area contributed by atoms with Gasteiger partial charge >= 0.3 is 0 Å². The molecule has 9 heteroatoms. The van der Waals surface area contributed by atoms with Gasteiger partial charge in [-0.1, -0.05) is 0 Å². The van der Waals surface area contributed by atoms with Gasteiger partial charge in [-0.15, -0.1) is 0 Å². The maximum Gasteiger partial charge on any atom is 0.240 e. The summed E-state index contributed by atoms with van der Waals surface area (Å²) in [5.41, 5.74) is 1.86. The first-order chi connectivity index (χ1) is 12.0. The second-order valence-corrected chi connectivity index (χ2v) is 7.72. The molecule has 0 radical (unpaired) electrons. The van der Waals surface area contributed by atoms with E-state index in [0.717, 1.165) is 17.3 Å². The number of nitrogens with zero attached hydrogens (tertiary/aromatic N) is 2. The summed E-state index contributed by atoms with van der Waals surface area (Å²) in [6.45, 7) is 0.503. The number of aromatic nitrogens is 2. The van der Waals surface area contributed by atoms with Gasteiger partial charge in [-0.05, 0) is 35.7 Å². The second-order valence-electron chi connectivity index (χ2n) is 5.17. The Morgan fingerprint density at radius 3 is 2.84 bits per heavy atom. The van der Waals surface area contributed by atoms with E-state index in [-0.39, 0.29) is 17.2 Å². The van der Waals surface area contributed by atoms with Crippen LogP contribution < -0.4 is 9.46 Å². The number of sulfonamides is 1. The van der Waals surface area contributed by atoms with Gasteiger partial charge in [0.1, 0.15) is 0 Å². The van der Waals surface area contributed by atoms with Crippen molar-refractivity contribution in [2.45, 2.75) is 11.4 Å². The average molecular weight is 381 g/mol. The first kappa shape index (κ1) is 17.6. The van der Waals surface area contributed by atoms with E-state index in [4.69, 9.17) is 4.74 Å². The van der Waals surface area contributed by atoms with Crippen molar-refractivity contribution >= 4 is 21.4 Å². The molecule has 0 atom stereocenters. The fraction of sp³-hybridized carbons (Fsp3) is 0.188. The third-order valence-electron chi connectivity index (χ3n) is 3.52. The predicted octanol–water partition coefficient (Wildman–Crippen LogP) is 2.74. The number of halogens is 1. The first-order valence-electron chi connectivity index (χ1n) is 7.39. The lowest BCUT2D eigenvalue weighted by atomic mass is 10.2. The van der Waals surface area contributed by atoms with Crippen LogP contribution in [0.15, 0.2) is 52.2 Å². The van der Waals surface area contributed by atoms with E-state index < -0.39 is 15.8 Å². The standard InChI is InChI=1S/C16H16FN3O3S2/c1-23-16-3-2-13(10-14(16)17)25(21,22)18-6-8-20-7-4-15(19-20)12-5-9-24-11-12/h2-5,7,9-11,18H,6,8H2,1H3. The van der Waals surface area contributed by atoms with Gasteiger partial charge in [-0.2, -0.15) is 16.4 Å². The Kier molecular flexibility index (Phi) is 5.16. The van der Waals surface area contributed by atoms with E-state index in [1.165, 1.54) is 19.2 Å². The van der Waals surface area contributed by atoms with Gasteiger partial charge < -0.3 is 4.74 Å². The molecule has 2 heterocycles. The van der Waals surface area contributed by atoms with Gasteiger partial charge in [-0.25, -0.2) is 17.5 Å². The average Bonchev–Trinajstić information content (AvgIpc) is 3.26. The number of nitrogens with one attached hydrogen (secondary N) is 1. The fourth-order valence-corrected chi connectivity index (χ4v) is 3.92. The number of ether oxygens (including phenoxy) is 1. The lowest BCUT2D eigenvalue weighted by molar-refractivity contribution is 0.385. The number of hydrogen-bond acceptors (Lipinski definition) is 5. The lowest BCUT2D eigenvalue weighted by Gasteiger charge is -2.08. The molecule has 6 nitrogen and oxygen atoms in total. The van der Waals surface area contributed by atoms with Crippen LogP contribution >= 0.6 is 11.3 Å². The molecule has 0 spiro atoms. The van der Waals surface area contributed by atoms with Crippen LogP contribution in [-0.2, 0) is 16.6 Å². The SMILES string of the molecule is COc1ccc(S(=O)(=O)NCCn2ccc(-c3ccsc3)n2)cc1F. The van der Waals surface area contributed by atoms with Gasteiger partial charge in [0.25, 0.3) is 0 Å². The molecule has 0 bridgehead atoms. The Morgan fingerprint density at radius 1 is 1.32 bits per heavy atom. The lowest BCUT2D eigenvalue weighted by Crippen LogP contribution is -2.27. The summed E-state index contributed by atoms with van der Waals surface area (Å²) in [5, 5.41) is 8.36. The van der Waals surface area contributed by atoms with Crippen molar-refractivity contribution in [3.8, 4) is 17.0 Å². The number of hydrogen-bond donors (Lipinski definition) is 1. The van der Waals surface area contributed by atoms with Crippen molar-refractivity contribution < 1.29 is 17.5 Å². The number of benzene rings is 1. The molecule has 2 aromatic heterocycles. The van der Waals surface area contributed by atoms with Crippen molar-refractivity contribution in [2.24, 2.45) is 0 Å². The van der Waals surface area contributed by atoms with Gasteiger partial charge in [0.2, 0.25) is 10.0 Å². The van der Waals surface area contributed by atoms with Gasteiger partial charge in [0.15, 0.2) is 11.6 Å². The summed E-state index contributed by atoms with van der Waals surface area (Å²) in [4.78, 5) is -0.148. The molecule has 0 saturated heterocycles. The number of thiophene rings is 1. The molecule has 1 N–H and O–H groups in total. The molecule has 25 heavy (non-hydrogen) atoms. The minimum atomic E-state index is -3.80. The van der Waals surface area contributed by atoms with Crippen molar-refractivity contribution in [1.29, 1.82) is 0 Å². The van der Waals surface area contributed by atoms with Crippen LogP contribution in [-0.4, -0.2) is 31.9 Å². The highest BCUT2D eigenvalue weighted by Crippen LogP contribution is 2.21. The quantitative estimate of drug-likeness (QED) is 0.683. The summed E-state index contributed by atoms with van der Waals surface area (Å²) in [6.07, 6.45) is 1.79. The van der Waals surface area contributed by atoms with Crippen LogP contribution in [0.1, 0.15) is 0 Å². The summed E-state index contributed by atoms with van der Waals surface area (Å²) in [5.74, 6) is -0.727. The highest BCUT2D eigenvalue weighted by atomic mass is 32.2. The van der Waals surface area contributed by atoms with Crippen LogP contribution in [0.25, 0.3) is 11.3 Å². The van der Waals surface area contributed by atoms with Gasteiger partial charge in [0, 0.05) is 23.7 Å². The Morgan fingerprint density at radius 2 is 2.16 bits per heavy atom. The Bertz CT molecular complexity index is 953. The van der Waals surface area contributed by atoms with Crippen LogP contribution in [0.4, 0.5) is 4.39 Å². The van der Waals surface area contributed by atoms with E-state index in [2.05, 4.69) is 9.82 Å². The number of methoxy groups -OCH3 is 1. The molecule has 0 aliphatic rings. The summed E-state index contributed by atoms with van der Waals surface area (Å²) in [7, 11) is -2.48. The molecule has 0 fully saturated rings. The molecule has 3 rings (SSSR count). The van der Waals surface area contributed by atoms with E-state index in [1.807, 2.05) is 22.9 Å². The smallest absolute Gasteiger partial charge is 0.240 e. The summed E-state index contributed by atoms with van der Waals surface area (Å²) >= 11 is 1.59. The molecule has 0 aliphatic carbocycles. The van der Waals surface area contributed by atoms with E-state index >= 15 is 0 Å². The minimum Gasteiger partial charge on any atom is -0.494 e. The van der Waals surface area contributed by atoms with Crippen molar-refractivity contribution in [3.05, 3.63) is 53.1 Å². The maximum absolute atomic E-state index is 13.7. The Hall–Kier alpha value is -2.23. The van der Waals surface area contributed by atoms with Crippen LogP contribution in [0, 0.1) is 5.82 Å². The fourth-order valence-electron chi connectivity index (χ4n) is 2.24. The molecule has 1 aromatic carbocycles. The van der Waals surface area contributed by atoms with Crippen LogP contribution in [0.5, 0.6) is 5.75 Å². The van der Waals surface area contributed by atoms with E-state index in [9.17, 15) is 12.8 Å². The van der Waals surface area contributed by atoms with Crippen molar-refractivity contribution in [1.82, 2.24) is 14.5 Å². The van der Waals surface area contributed by atoms with Crippen LogP contribution in [0.3, 0.4) is 0 Å². The molecule has 0 unspecified atom stereocenters. The van der Waals surface area contributed by atoms with Crippen molar-refractivity contribution in [2.75, 3.05) is 13.7 Å². The highest BCUT2D eigenvalue weighted by molar-refractivity contribution is 7.89. The second kappa shape index (κ2) is 7.34. The van der Waals surface area contributed by atoms with E-state index in [0.29, 0.717) is 6.54 Å². The molecular formula is C16H16FN3O3S2. The van der Waals surface area contributed by atoms with Crippen LogP contribution in [0.2, 0.25) is 0 Å². The summed E-state index contributed by atoms with van der Waals surface area (Å²) < 4.78 is 47.0. The zero-order chi connectivity index (χ0) is 17.9. The summed E-state index contributed by atoms with van der Waals surface area (Å²) in [6, 6.07) is 7.36. The first-order valence-corrected chi connectivity index (χ1v) is 9.81. The molecule has 0 amide bonds. The topological polar surface area (TPSA) is 73.2 Å². The normalized spacial score (nSPS) is 11.6. The zero-order valence-corrected chi connectivity index (χ0v) is 15.0. The molecule has 3 aromatic rings. The monoisotopic (exact) mass is 381 g/mol.